The summed E-state index contributed by atoms with van der Waals surface area (Å²) in [6, 6.07) is 5.82. The van der Waals surface area contributed by atoms with Gasteiger partial charge in [-0.2, -0.15) is 0 Å². The maximum absolute atomic E-state index is 12.0. The maximum atomic E-state index is 12.0. The molecule has 2 unspecified atom stereocenters. The lowest BCUT2D eigenvalue weighted by atomic mass is 10.0. The molecule has 5 heteroatoms. The number of amides is 1. The second kappa shape index (κ2) is 6.55. The number of benzene rings is 1. The Morgan fingerprint density at radius 1 is 1.44 bits per heavy atom. The molecule has 0 bridgehead atoms. The molecule has 0 aliphatic heterocycles. The number of carbonyl (C=O) groups is 1. The molecular weight excluding hydrogens is 316 g/mol. The van der Waals surface area contributed by atoms with Crippen LogP contribution in [-0.2, 0) is 4.79 Å². The summed E-state index contributed by atoms with van der Waals surface area (Å²) >= 11 is 3.44. The predicted octanol–water partition coefficient (Wildman–Crippen LogP) is 3.25. The van der Waals surface area contributed by atoms with Gasteiger partial charge in [0.25, 0.3) is 0 Å². The highest BCUT2D eigenvalue weighted by Crippen LogP contribution is 2.26. The van der Waals surface area contributed by atoms with Gasteiger partial charge in [-0.15, -0.1) is 12.4 Å². The number of halogens is 2. The molecule has 0 spiro atoms. The van der Waals surface area contributed by atoms with Gasteiger partial charge in [0.2, 0.25) is 5.91 Å². The Morgan fingerprint density at radius 3 is 2.72 bits per heavy atom. The van der Waals surface area contributed by atoms with Crippen LogP contribution in [0.15, 0.2) is 22.7 Å². The molecular formula is C13H18BrClN2O. The molecule has 0 heterocycles. The topological polar surface area (TPSA) is 55.1 Å². The summed E-state index contributed by atoms with van der Waals surface area (Å²) in [6.45, 7) is 2.00. The van der Waals surface area contributed by atoms with E-state index in [2.05, 4.69) is 21.2 Å². The fraction of sp³-hybridized carbons (Fsp3) is 0.462. The quantitative estimate of drug-likeness (QED) is 0.873. The smallest absolute Gasteiger partial charge is 0.229 e. The molecule has 0 saturated heterocycles. The number of hydrogen-bond acceptors (Lipinski definition) is 2. The highest BCUT2D eigenvalue weighted by Gasteiger charge is 2.30. The summed E-state index contributed by atoms with van der Waals surface area (Å²) in [5.41, 5.74) is 7.87. The van der Waals surface area contributed by atoms with Gasteiger partial charge in [0.05, 0.1) is 5.92 Å². The monoisotopic (exact) mass is 332 g/mol. The molecule has 1 aliphatic carbocycles. The van der Waals surface area contributed by atoms with E-state index in [0.717, 1.165) is 35.0 Å². The van der Waals surface area contributed by atoms with Gasteiger partial charge in [-0.3, -0.25) is 4.79 Å². The van der Waals surface area contributed by atoms with Crippen LogP contribution in [0.25, 0.3) is 0 Å². The molecule has 1 aliphatic rings. The van der Waals surface area contributed by atoms with Crippen molar-refractivity contribution in [3.8, 4) is 0 Å². The van der Waals surface area contributed by atoms with E-state index in [0.29, 0.717) is 0 Å². The van der Waals surface area contributed by atoms with E-state index in [9.17, 15) is 4.79 Å². The van der Waals surface area contributed by atoms with Crippen LogP contribution in [0.4, 0.5) is 5.69 Å². The molecule has 1 amide bonds. The van der Waals surface area contributed by atoms with E-state index in [4.69, 9.17) is 5.73 Å². The summed E-state index contributed by atoms with van der Waals surface area (Å²) < 4.78 is 1.05. The van der Waals surface area contributed by atoms with Gasteiger partial charge in [0.15, 0.2) is 0 Å². The van der Waals surface area contributed by atoms with Gasteiger partial charge >= 0.3 is 0 Å². The van der Waals surface area contributed by atoms with Crippen molar-refractivity contribution >= 4 is 39.9 Å². The Morgan fingerprint density at radius 2 is 2.17 bits per heavy atom. The zero-order valence-corrected chi connectivity index (χ0v) is 12.7. The highest BCUT2D eigenvalue weighted by molar-refractivity contribution is 9.10. The van der Waals surface area contributed by atoms with E-state index in [-0.39, 0.29) is 30.3 Å². The maximum Gasteiger partial charge on any atom is 0.229 e. The van der Waals surface area contributed by atoms with Crippen LogP contribution < -0.4 is 11.1 Å². The van der Waals surface area contributed by atoms with E-state index in [1.54, 1.807) is 0 Å². The minimum atomic E-state index is -0.0287. The van der Waals surface area contributed by atoms with Crippen molar-refractivity contribution in [2.24, 2.45) is 11.7 Å². The normalized spacial score (nSPS) is 22.4. The average molecular weight is 334 g/mol. The number of nitrogens with one attached hydrogen (secondary N) is 1. The van der Waals surface area contributed by atoms with Crippen LogP contribution in [0.3, 0.4) is 0 Å². The van der Waals surface area contributed by atoms with Gasteiger partial charge in [0, 0.05) is 16.2 Å². The Balaban J connectivity index is 0.00000162. The molecule has 3 N–H and O–H groups in total. The van der Waals surface area contributed by atoms with Crippen molar-refractivity contribution in [3.63, 3.8) is 0 Å². The lowest BCUT2D eigenvalue weighted by Crippen LogP contribution is -2.34. The van der Waals surface area contributed by atoms with Crippen molar-refractivity contribution in [2.75, 3.05) is 5.32 Å². The molecule has 0 radical (unpaired) electrons. The number of anilines is 1. The van der Waals surface area contributed by atoms with Gasteiger partial charge < -0.3 is 11.1 Å². The fourth-order valence-corrected chi connectivity index (χ4v) is 2.52. The van der Waals surface area contributed by atoms with E-state index < -0.39 is 0 Å². The molecule has 0 aromatic heterocycles. The first-order valence-corrected chi connectivity index (χ1v) is 6.70. The number of aryl methyl sites for hydroxylation is 1. The minimum Gasteiger partial charge on any atom is -0.327 e. The van der Waals surface area contributed by atoms with Crippen LogP contribution in [0.2, 0.25) is 0 Å². The van der Waals surface area contributed by atoms with Crippen molar-refractivity contribution in [3.05, 3.63) is 28.2 Å². The summed E-state index contributed by atoms with van der Waals surface area (Å²) in [6.07, 6.45) is 2.92. The number of nitrogens with two attached hydrogens (primary N) is 1. The third kappa shape index (κ3) is 3.46. The third-order valence-electron chi connectivity index (χ3n) is 3.33. The van der Waals surface area contributed by atoms with Gasteiger partial charge in [-0.1, -0.05) is 22.4 Å². The molecule has 1 saturated carbocycles. The molecule has 1 fully saturated rings. The van der Waals surface area contributed by atoms with Crippen LogP contribution in [0.1, 0.15) is 24.8 Å². The average Bonchev–Trinajstić information content (AvgIpc) is 2.70. The largest absolute Gasteiger partial charge is 0.327 e. The van der Waals surface area contributed by atoms with Gasteiger partial charge in [-0.25, -0.2) is 0 Å². The van der Waals surface area contributed by atoms with Crippen LogP contribution in [-0.4, -0.2) is 11.9 Å². The first-order valence-electron chi connectivity index (χ1n) is 5.90. The second-order valence-corrected chi connectivity index (χ2v) is 5.51. The SMILES string of the molecule is Cc1cc(NC(=O)C2CCCC2N)ccc1Br.Cl. The second-order valence-electron chi connectivity index (χ2n) is 4.65. The van der Waals surface area contributed by atoms with Gasteiger partial charge in [-0.05, 0) is 43.5 Å². The van der Waals surface area contributed by atoms with Gasteiger partial charge in [0.1, 0.15) is 0 Å². The van der Waals surface area contributed by atoms with Crippen molar-refractivity contribution < 1.29 is 4.79 Å². The summed E-state index contributed by atoms with van der Waals surface area (Å²) in [5.74, 6) is 0.0238. The fourth-order valence-electron chi connectivity index (χ4n) is 2.27. The molecule has 1 aromatic carbocycles. The molecule has 3 nitrogen and oxygen atoms in total. The van der Waals surface area contributed by atoms with E-state index in [1.165, 1.54) is 0 Å². The Bertz CT molecular complexity index is 439. The zero-order valence-electron chi connectivity index (χ0n) is 10.3. The molecule has 2 atom stereocenters. The summed E-state index contributed by atoms with van der Waals surface area (Å²) in [5, 5.41) is 2.94. The van der Waals surface area contributed by atoms with Crippen molar-refractivity contribution in [1.82, 2.24) is 0 Å². The summed E-state index contributed by atoms with van der Waals surface area (Å²) in [7, 11) is 0. The molecule has 2 rings (SSSR count). The van der Waals surface area contributed by atoms with E-state index in [1.807, 2.05) is 25.1 Å². The Kier molecular flexibility index (Phi) is 5.63. The van der Waals surface area contributed by atoms with Crippen molar-refractivity contribution in [2.45, 2.75) is 32.2 Å². The highest BCUT2D eigenvalue weighted by atomic mass is 79.9. The Hall–Kier alpha value is -0.580. The number of carbonyl (C=O) groups excluding carboxylic acids is 1. The molecule has 100 valence electrons. The van der Waals surface area contributed by atoms with Crippen LogP contribution in [0, 0.1) is 12.8 Å². The van der Waals surface area contributed by atoms with Crippen molar-refractivity contribution in [1.29, 1.82) is 0 Å². The lowest BCUT2D eigenvalue weighted by molar-refractivity contribution is -0.120. The third-order valence-corrected chi connectivity index (χ3v) is 4.22. The number of rotatable bonds is 2. The molecule has 18 heavy (non-hydrogen) atoms. The minimum absolute atomic E-state index is 0. The number of hydrogen-bond donors (Lipinski definition) is 2. The van der Waals surface area contributed by atoms with Crippen LogP contribution >= 0.6 is 28.3 Å². The van der Waals surface area contributed by atoms with E-state index >= 15 is 0 Å². The van der Waals surface area contributed by atoms with Crippen LogP contribution in [0.5, 0.6) is 0 Å². The summed E-state index contributed by atoms with van der Waals surface area (Å²) in [4.78, 5) is 12.0. The Labute approximate surface area is 122 Å². The first-order chi connectivity index (χ1) is 8.08. The standard InChI is InChI=1S/C13H17BrN2O.ClH/c1-8-7-9(5-6-11(8)14)16-13(17)10-3-2-4-12(10)15;/h5-7,10,12H,2-4,15H2,1H3,(H,16,17);1H. The zero-order chi connectivity index (χ0) is 12.4. The predicted molar refractivity (Wildman–Crippen MR) is 80.1 cm³/mol. The molecule has 1 aromatic rings. The lowest BCUT2D eigenvalue weighted by Gasteiger charge is -2.15. The first kappa shape index (κ1) is 15.5.